The predicted molar refractivity (Wildman–Crippen MR) is 114 cm³/mol. The van der Waals surface area contributed by atoms with Gasteiger partial charge < -0.3 is 15.2 Å². The third kappa shape index (κ3) is 6.69. The van der Waals surface area contributed by atoms with Crippen LogP contribution in [-0.2, 0) is 9.59 Å². The van der Waals surface area contributed by atoms with Gasteiger partial charge in [-0.25, -0.2) is 0 Å². The van der Waals surface area contributed by atoms with Gasteiger partial charge >= 0.3 is 5.97 Å². The van der Waals surface area contributed by atoms with Crippen molar-refractivity contribution in [2.75, 3.05) is 5.32 Å². The fourth-order valence-electron chi connectivity index (χ4n) is 2.85. The molecule has 2 atom stereocenters. The SMILES string of the molecule is CC#CC(CC(=O)O)c1ccc(NC(=O)C(C)Oc2cccc(C(C)C)c2)cc1. The Morgan fingerprint density at radius 1 is 1.07 bits per heavy atom. The van der Waals surface area contributed by atoms with Crippen LogP contribution in [0.15, 0.2) is 48.5 Å². The van der Waals surface area contributed by atoms with E-state index in [4.69, 9.17) is 9.84 Å². The Morgan fingerprint density at radius 3 is 2.34 bits per heavy atom. The van der Waals surface area contributed by atoms with Crippen LogP contribution in [0.5, 0.6) is 5.75 Å². The molecule has 2 N–H and O–H groups in total. The Kier molecular flexibility index (Phi) is 7.85. The van der Waals surface area contributed by atoms with Gasteiger partial charge in [-0.15, -0.1) is 5.92 Å². The molecule has 2 aromatic carbocycles. The van der Waals surface area contributed by atoms with E-state index in [0.717, 1.165) is 11.1 Å². The molecule has 0 aliphatic carbocycles. The lowest BCUT2D eigenvalue weighted by molar-refractivity contribution is -0.137. The van der Waals surface area contributed by atoms with E-state index in [0.29, 0.717) is 17.4 Å². The number of ether oxygens (including phenoxy) is 1. The highest BCUT2D eigenvalue weighted by molar-refractivity contribution is 5.94. The Balaban J connectivity index is 2.01. The highest BCUT2D eigenvalue weighted by atomic mass is 16.5. The first kappa shape index (κ1) is 22.0. The van der Waals surface area contributed by atoms with E-state index in [9.17, 15) is 9.59 Å². The van der Waals surface area contributed by atoms with Crippen LogP contribution in [0.2, 0.25) is 0 Å². The lowest BCUT2D eigenvalue weighted by Gasteiger charge is -2.16. The van der Waals surface area contributed by atoms with Crippen LogP contribution in [0.4, 0.5) is 5.69 Å². The molecule has 0 aromatic heterocycles. The highest BCUT2D eigenvalue weighted by Gasteiger charge is 2.17. The summed E-state index contributed by atoms with van der Waals surface area (Å²) in [6.45, 7) is 7.59. The van der Waals surface area contributed by atoms with Crippen molar-refractivity contribution >= 4 is 17.6 Å². The zero-order valence-electron chi connectivity index (χ0n) is 17.2. The zero-order chi connectivity index (χ0) is 21.4. The lowest BCUT2D eigenvalue weighted by atomic mass is 9.96. The summed E-state index contributed by atoms with van der Waals surface area (Å²) in [5.41, 5.74) is 2.56. The summed E-state index contributed by atoms with van der Waals surface area (Å²) in [6.07, 6.45) is -0.727. The quantitative estimate of drug-likeness (QED) is 0.632. The van der Waals surface area contributed by atoms with Crippen molar-refractivity contribution in [1.82, 2.24) is 0 Å². The normalized spacial score (nSPS) is 12.4. The summed E-state index contributed by atoms with van der Waals surface area (Å²) >= 11 is 0. The first-order valence-electron chi connectivity index (χ1n) is 9.61. The molecule has 0 spiro atoms. The maximum absolute atomic E-state index is 12.5. The van der Waals surface area contributed by atoms with Crippen molar-refractivity contribution in [2.24, 2.45) is 0 Å². The molecule has 5 heteroatoms. The molecule has 2 rings (SSSR count). The molecule has 0 fully saturated rings. The van der Waals surface area contributed by atoms with Gasteiger partial charge in [0.15, 0.2) is 6.10 Å². The van der Waals surface area contributed by atoms with E-state index in [1.54, 1.807) is 38.1 Å². The van der Waals surface area contributed by atoms with Crippen LogP contribution in [0, 0.1) is 11.8 Å². The minimum Gasteiger partial charge on any atom is -0.481 e. The first-order valence-corrected chi connectivity index (χ1v) is 9.61. The van der Waals surface area contributed by atoms with Gasteiger partial charge in [0.05, 0.1) is 12.3 Å². The molecule has 0 radical (unpaired) electrons. The molecule has 0 aliphatic rings. The fourth-order valence-corrected chi connectivity index (χ4v) is 2.85. The standard InChI is InChI=1S/C24H27NO4/c1-5-7-20(15-23(26)27)18-10-12-21(13-11-18)25-24(28)17(4)29-22-9-6-8-19(14-22)16(2)3/h6,8-14,16-17,20H,15H2,1-4H3,(H,25,28)(H,26,27). The van der Waals surface area contributed by atoms with Crippen molar-refractivity contribution in [3.63, 3.8) is 0 Å². The smallest absolute Gasteiger partial charge is 0.304 e. The van der Waals surface area contributed by atoms with Gasteiger partial charge in [0.1, 0.15) is 5.75 Å². The number of hydrogen-bond acceptors (Lipinski definition) is 3. The number of amides is 1. The highest BCUT2D eigenvalue weighted by Crippen LogP contribution is 2.23. The minimum atomic E-state index is -0.900. The number of nitrogens with one attached hydrogen (secondary N) is 1. The first-order chi connectivity index (χ1) is 13.8. The summed E-state index contributed by atoms with van der Waals surface area (Å²) in [5.74, 6) is 5.17. The molecule has 0 saturated heterocycles. The van der Waals surface area contributed by atoms with Crippen LogP contribution >= 0.6 is 0 Å². The number of carbonyl (C=O) groups excluding carboxylic acids is 1. The van der Waals surface area contributed by atoms with Crippen molar-refractivity contribution in [2.45, 2.75) is 52.1 Å². The van der Waals surface area contributed by atoms with E-state index < -0.39 is 12.1 Å². The van der Waals surface area contributed by atoms with Gasteiger partial charge in [0.2, 0.25) is 0 Å². The summed E-state index contributed by atoms with van der Waals surface area (Å²) in [4.78, 5) is 23.5. The molecule has 152 valence electrons. The summed E-state index contributed by atoms with van der Waals surface area (Å²) in [6, 6.07) is 14.8. The summed E-state index contributed by atoms with van der Waals surface area (Å²) < 4.78 is 5.78. The number of carbonyl (C=O) groups is 2. The molecule has 0 bridgehead atoms. The summed E-state index contributed by atoms with van der Waals surface area (Å²) in [7, 11) is 0. The average Bonchev–Trinajstić information content (AvgIpc) is 2.68. The molecule has 0 saturated carbocycles. The third-order valence-corrected chi connectivity index (χ3v) is 4.48. The Bertz CT molecular complexity index is 906. The number of rotatable bonds is 8. The molecule has 0 heterocycles. The van der Waals surface area contributed by atoms with E-state index in [2.05, 4.69) is 31.0 Å². The molecule has 2 aromatic rings. The maximum Gasteiger partial charge on any atom is 0.304 e. The zero-order valence-corrected chi connectivity index (χ0v) is 17.2. The monoisotopic (exact) mass is 393 g/mol. The van der Waals surface area contributed by atoms with Gasteiger partial charge in [0.25, 0.3) is 5.91 Å². The van der Waals surface area contributed by atoms with Crippen LogP contribution in [-0.4, -0.2) is 23.1 Å². The molecule has 1 amide bonds. The predicted octanol–water partition coefficient (Wildman–Crippen LogP) is 4.80. The van der Waals surface area contributed by atoms with Crippen molar-refractivity contribution < 1.29 is 19.4 Å². The van der Waals surface area contributed by atoms with E-state index >= 15 is 0 Å². The maximum atomic E-state index is 12.5. The number of hydrogen-bond donors (Lipinski definition) is 2. The molecule has 0 aliphatic heterocycles. The van der Waals surface area contributed by atoms with Crippen LogP contribution < -0.4 is 10.1 Å². The average molecular weight is 393 g/mol. The number of anilines is 1. The fraction of sp³-hybridized carbons (Fsp3) is 0.333. The van der Waals surface area contributed by atoms with E-state index in [1.165, 1.54) is 0 Å². The Labute approximate surface area is 172 Å². The number of carboxylic acid groups (broad SMARTS) is 1. The minimum absolute atomic E-state index is 0.0626. The Morgan fingerprint density at radius 2 is 1.76 bits per heavy atom. The molecule has 29 heavy (non-hydrogen) atoms. The molecule has 2 unspecified atom stereocenters. The second kappa shape index (κ2) is 10.3. The second-order valence-electron chi connectivity index (χ2n) is 7.14. The van der Waals surface area contributed by atoms with Gasteiger partial charge in [0, 0.05) is 5.69 Å². The van der Waals surface area contributed by atoms with Gasteiger partial charge in [-0.2, -0.15) is 0 Å². The topological polar surface area (TPSA) is 75.6 Å². The summed E-state index contributed by atoms with van der Waals surface area (Å²) in [5, 5.41) is 11.9. The van der Waals surface area contributed by atoms with Gasteiger partial charge in [-0.05, 0) is 55.2 Å². The second-order valence-corrected chi connectivity index (χ2v) is 7.14. The van der Waals surface area contributed by atoms with Crippen LogP contribution in [0.3, 0.4) is 0 Å². The van der Waals surface area contributed by atoms with Crippen LogP contribution in [0.1, 0.15) is 57.1 Å². The van der Waals surface area contributed by atoms with Gasteiger partial charge in [-0.3, -0.25) is 9.59 Å². The van der Waals surface area contributed by atoms with E-state index in [1.807, 2.05) is 24.3 Å². The molecular formula is C24H27NO4. The largest absolute Gasteiger partial charge is 0.481 e. The van der Waals surface area contributed by atoms with Gasteiger partial charge in [-0.1, -0.05) is 44.0 Å². The number of aliphatic carboxylic acids is 1. The lowest BCUT2D eigenvalue weighted by Crippen LogP contribution is -2.30. The van der Waals surface area contributed by atoms with E-state index in [-0.39, 0.29) is 18.2 Å². The van der Waals surface area contributed by atoms with Crippen molar-refractivity contribution in [1.29, 1.82) is 0 Å². The van der Waals surface area contributed by atoms with Crippen molar-refractivity contribution in [3.05, 3.63) is 59.7 Å². The Hall–Kier alpha value is -3.26. The van der Waals surface area contributed by atoms with Crippen molar-refractivity contribution in [3.8, 4) is 17.6 Å². The molecule has 5 nitrogen and oxygen atoms in total. The molecular weight excluding hydrogens is 366 g/mol. The third-order valence-electron chi connectivity index (χ3n) is 4.48. The number of carboxylic acids is 1. The number of benzene rings is 2. The van der Waals surface area contributed by atoms with Crippen LogP contribution in [0.25, 0.3) is 0 Å².